The highest BCUT2D eigenvalue weighted by molar-refractivity contribution is 5.42. The van der Waals surface area contributed by atoms with Gasteiger partial charge in [-0.25, -0.2) is 0 Å². The zero-order valence-electron chi connectivity index (χ0n) is 12.7. The monoisotopic (exact) mass is 273 g/mol. The lowest BCUT2D eigenvalue weighted by atomic mass is 10.1. The van der Waals surface area contributed by atoms with Crippen LogP contribution in [0.4, 0.5) is 0 Å². The number of hydrogen-bond donors (Lipinski definition) is 1. The molecule has 1 atom stereocenters. The molecule has 0 aliphatic carbocycles. The van der Waals surface area contributed by atoms with E-state index in [9.17, 15) is 0 Å². The number of aryl methyl sites for hydroxylation is 2. The molecule has 1 heterocycles. The van der Waals surface area contributed by atoms with Crippen LogP contribution in [0.2, 0.25) is 0 Å². The molecule has 0 fully saturated rings. The van der Waals surface area contributed by atoms with Crippen molar-refractivity contribution in [3.8, 4) is 5.75 Å². The second kappa shape index (κ2) is 6.62. The maximum atomic E-state index is 6.03. The number of hydrogen-bond acceptors (Lipinski definition) is 3. The van der Waals surface area contributed by atoms with E-state index in [0.717, 1.165) is 24.6 Å². The molecule has 0 bridgehead atoms. The van der Waals surface area contributed by atoms with Gasteiger partial charge in [0.15, 0.2) is 0 Å². The Morgan fingerprint density at radius 1 is 1.25 bits per heavy atom. The van der Waals surface area contributed by atoms with Crippen LogP contribution in [0.1, 0.15) is 29.4 Å². The highest BCUT2D eigenvalue weighted by atomic mass is 16.5. The summed E-state index contributed by atoms with van der Waals surface area (Å²) in [6, 6.07) is 8.15. The van der Waals surface area contributed by atoms with Crippen molar-refractivity contribution in [2.75, 3.05) is 6.54 Å². The first-order valence-electron chi connectivity index (χ1n) is 7.04. The Labute approximate surface area is 121 Å². The predicted octanol–water partition coefficient (Wildman–Crippen LogP) is 3.76. The average molecular weight is 273 g/mol. The van der Waals surface area contributed by atoms with E-state index >= 15 is 0 Å². The summed E-state index contributed by atoms with van der Waals surface area (Å²) in [6.07, 6.45) is 1.81. The molecule has 3 nitrogen and oxygen atoms in total. The Kier molecular flexibility index (Phi) is 4.85. The zero-order chi connectivity index (χ0) is 14.5. The van der Waals surface area contributed by atoms with Crippen molar-refractivity contribution in [3.05, 3.63) is 53.0 Å². The van der Waals surface area contributed by atoms with Crippen LogP contribution in [-0.2, 0) is 6.54 Å². The van der Waals surface area contributed by atoms with Crippen molar-refractivity contribution >= 4 is 0 Å². The van der Waals surface area contributed by atoms with Gasteiger partial charge in [-0.15, -0.1) is 0 Å². The maximum Gasteiger partial charge on any atom is 0.123 e. The van der Waals surface area contributed by atoms with E-state index in [-0.39, 0.29) is 6.10 Å². The lowest BCUT2D eigenvalue weighted by Crippen LogP contribution is -2.28. The van der Waals surface area contributed by atoms with Gasteiger partial charge >= 0.3 is 0 Å². The van der Waals surface area contributed by atoms with Gasteiger partial charge in [0.1, 0.15) is 17.6 Å². The first kappa shape index (κ1) is 14.7. The standard InChI is InChI=1S/C17H23NO2/c1-12-8-13(2)15(4)17(9-12)20-14(3)10-18-11-16-6-5-7-19-16/h5-9,14,18H,10-11H2,1-4H3. The SMILES string of the molecule is Cc1cc(C)c(C)c(OC(C)CNCc2ccco2)c1. The summed E-state index contributed by atoms with van der Waals surface area (Å²) in [6.45, 7) is 9.91. The summed E-state index contributed by atoms with van der Waals surface area (Å²) in [5.74, 6) is 1.93. The van der Waals surface area contributed by atoms with Crippen molar-refractivity contribution < 1.29 is 9.15 Å². The third kappa shape index (κ3) is 3.87. The van der Waals surface area contributed by atoms with Gasteiger partial charge in [0.2, 0.25) is 0 Å². The number of ether oxygens (including phenoxy) is 1. The molecule has 0 aliphatic heterocycles. The third-order valence-electron chi connectivity index (χ3n) is 3.40. The van der Waals surface area contributed by atoms with Crippen molar-refractivity contribution in [3.63, 3.8) is 0 Å². The smallest absolute Gasteiger partial charge is 0.123 e. The lowest BCUT2D eigenvalue weighted by Gasteiger charge is -2.18. The molecule has 20 heavy (non-hydrogen) atoms. The van der Waals surface area contributed by atoms with Crippen LogP contribution in [0.3, 0.4) is 0 Å². The van der Waals surface area contributed by atoms with Gasteiger partial charge in [0, 0.05) is 6.54 Å². The van der Waals surface area contributed by atoms with Gasteiger partial charge in [-0.1, -0.05) is 6.07 Å². The molecule has 1 unspecified atom stereocenters. The lowest BCUT2D eigenvalue weighted by molar-refractivity contribution is 0.214. The van der Waals surface area contributed by atoms with E-state index in [1.807, 2.05) is 12.1 Å². The fourth-order valence-electron chi connectivity index (χ4n) is 2.19. The van der Waals surface area contributed by atoms with E-state index in [0.29, 0.717) is 0 Å². The van der Waals surface area contributed by atoms with Gasteiger partial charge < -0.3 is 14.5 Å². The van der Waals surface area contributed by atoms with Crippen LogP contribution in [0, 0.1) is 20.8 Å². The normalized spacial score (nSPS) is 12.4. The fourth-order valence-corrected chi connectivity index (χ4v) is 2.19. The Morgan fingerprint density at radius 3 is 2.75 bits per heavy atom. The minimum absolute atomic E-state index is 0.116. The predicted molar refractivity (Wildman–Crippen MR) is 81.2 cm³/mol. The van der Waals surface area contributed by atoms with Crippen molar-refractivity contribution in [2.45, 2.75) is 40.3 Å². The molecule has 0 aliphatic rings. The minimum atomic E-state index is 0.116. The summed E-state index contributed by atoms with van der Waals surface area (Å²) in [5.41, 5.74) is 3.73. The molecule has 0 saturated carbocycles. The largest absolute Gasteiger partial charge is 0.489 e. The first-order chi connectivity index (χ1) is 9.56. The molecule has 1 aromatic carbocycles. The van der Waals surface area contributed by atoms with Crippen LogP contribution >= 0.6 is 0 Å². The summed E-state index contributed by atoms with van der Waals surface area (Å²) < 4.78 is 11.3. The van der Waals surface area contributed by atoms with E-state index < -0.39 is 0 Å². The number of furan rings is 1. The number of benzene rings is 1. The molecule has 2 aromatic rings. The summed E-state index contributed by atoms with van der Waals surface area (Å²) in [5, 5.41) is 3.34. The molecular weight excluding hydrogens is 250 g/mol. The minimum Gasteiger partial charge on any atom is -0.489 e. The summed E-state index contributed by atoms with van der Waals surface area (Å²) in [4.78, 5) is 0. The molecule has 1 N–H and O–H groups in total. The molecule has 2 rings (SSSR count). The first-order valence-corrected chi connectivity index (χ1v) is 7.04. The Hall–Kier alpha value is -1.74. The van der Waals surface area contributed by atoms with Crippen molar-refractivity contribution in [2.24, 2.45) is 0 Å². The zero-order valence-corrected chi connectivity index (χ0v) is 12.7. The maximum absolute atomic E-state index is 6.03. The molecule has 1 aromatic heterocycles. The van der Waals surface area contributed by atoms with Crippen LogP contribution in [-0.4, -0.2) is 12.6 Å². The third-order valence-corrected chi connectivity index (χ3v) is 3.40. The fraction of sp³-hybridized carbons (Fsp3) is 0.412. The van der Waals surface area contributed by atoms with Crippen molar-refractivity contribution in [1.29, 1.82) is 0 Å². The van der Waals surface area contributed by atoms with E-state index in [2.05, 4.69) is 45.1 Å². The van der Waals surface area contributed by atoms with Gasteiger partial charge in [-0.2, -0.15) is 0 Å². The Morgan fingerprint density at radius 2 is 2.05 bits per heavy atom. The second-order valence-electron chi connectivity index (χ2n) is 5.34. The van der Waals surface area contributed by atoms with E-state index in [1.54, 1.807) is 6.26 Å². The van der Waals surface area contributed by atoms with Gasteiger partial charge in [0.25, 0.3) is 0 Å². The highest BCUT2D eigenvalue weighted by Crippen LogP contribution is 2.24. The second-order valence-corrected chi connectivity index (χ2v) is 5.34. The van der Waals surface area contributed by atoms with Gasteiger partial charge in [0.05, 0.1) is 12.8 Å². The molecule has 0 radical (unpaired) electrons. The van der Waals surface area contributed by atoms with Crippen LogP contribution in [0.25, 0.3) is 0 Å². The highest BCUT2D eigenvalue weighted by Gasteiger charge is 2.09. The van der Waals surface area contributed by atoms with Gasteiger partial charge in [-0.05, 0) is 62.6 Å². The molecule has 108 valence electrons. The van der Waals surface area contributed by atoms with Gasteiger partial charge in [-0.3, -0.25) is 0 Å². The molecule has 3 heteroatoms. The number of rotatable bonds is 6. The van der Waals surface area contributed by atoms with Crippen LogP contribution < -0.4 is 10.1 Å². The summed E-state index contributed by atoms with van der Waals surface area (Å²) in [7, 11) is 0. The average Bonchev–Trinajstić information content (AvgIpc) is 2.88. The van der Waals surface area contributed by atoms with Crippen LogP contribution in [0.5, 0.6) is 5.75 Å². The number of nitrogens with one attached hydrogen (secondary N) is 1. The van der Waals surface area contributed by atoms with E-state index in [4.69, 9.17) is 9.15 Å². The van der Waals surface area contributed by atoms with Crippen LogP contribution in [0.15, 0.2) is 34.9 Å². The molecule has 0 spiro atoms. The topological polar surface area (TPSA) is 34.4 Å². The molecule has 0 saturated heterocycles. The van der Waals surface area contributed by atoms with Crippen molar-refractivity contribution in [1.82, 2.24) is 5.32 Å². The Bertz CT molecular complexity index is 546. The molecular formula is C17H23NO2. The Balaban J connectivity index is 1.86. The summed E-state index contributed by atoms with van der Waals surface area (Å²) >= 11 is 0. The quantitative estimate of drug-likeness (QED) is 0.870. The molecule has 0 amide bonds. The van der Waals surface area contributed by atoms with E-state index in [1.165, 1.54) is 16.7 Å².